The van der Waals surface area contributed by atoms with Crippen molar-refractivity contribution in [1.82, 2.24) is 16.0 Å². The number of amides is 1. The maximum absolute atomic E-state index is 11.8. The minimum absolute atomic E-state index is 0. The summed E-state index contributed by atoms with van der Waals surface area (Å²) in [5.41, 5.74) is 3.07. The van der Waals surface area contributed by atoms with Gasteiger partial charge < -0.3 is 20.4 Å². The van der Waals surface area contributed by atoms with Crippen molar-refractivity contribution >= 4 is 35.8 Å². The SMILES string of the molecule is CNC(=O)c1cccc(CCNC(=NCCc2ccco2)NCCc2ccccc2)c1.I. The molecule has 0 saturated carbocycles. The van der Waals surface area contributed by atoms with Gasteiger partial charge in [0.1, 0.15) is 5.76 Å². The van der Waals surface area contributed by atoms with Crippen molar-refractivity contribution in [2.24, 2.45) is 4.99 Å². The van der Waals surface area contributed by atoms with Gasteiger partial charge in [0.05, 0.1) is 6.26 Å². The third-order valence-corrected chi connectivity index (χ3v) is 4.88. The summed E-state index contributed by atoms with van der Waals surface area (Å²) < 4.78 is 5.39. The van der Waals surface area contributed by atoms with Crippen molar-refractivity contribution in [2.45, 2.75) is 19.3 Å². The van der Waals surface area contributed by atoms with Crippen LogP contribution >= 0.6 is 24.0 Å². The molecule has 1 aromatic heterocycles. The largest absolute Gasteiger partial charge is 0.469 e. The average molecular weight is 546 g/mol. The molecular weight excluding hydrogens is 515 g/mol. The number of hydrogen-bond donors (Lipinski definition) is 3. The summed E-state index contributed by atoms with van der Waals surface area (Å²) in [4.78, 5) is 16.5. The van der Waals surface area contributed by atoms with Gasteiger partial charge in [-0.05, 0) is 48.2 Å². The molecule has 0 unspecified atom stereocenters. The van der Waals surface area contributed by atoms with Gasteiger partial charge in [-0.25, -0.2) is 0 Å². The average Bonchev–Trinajstić information content (AvgIpc) is 3.33. The molecule has 0 spiro atoms. The van der Waals surface area contributed by atoms with Crippen LogP contribution in [0.15, 0.2) is 82.4 Å². The molecule has 0 saturated heterocycles. The Labute approximate surface area is 206 Å². The Morgan fingerprint density at radius 1 is 0.875 bits per heavy atom. The maximum atomic E-state index is 11.8. The fourth-order valence-corrected chi connectivity index (χ4v) is 3.21. The molecule has 0 atom stereocenters. The van der Waals surface area contributed by atoms with Crippen molar-refractivity contribution in [1.29, 1.82) is 0 Å². The van der Waals surface area contributed by atoms with Crippen LogP contribution in [0.25, 0.3) is 0 Å². The first-order chi connectivity index (χ1) is 15.2. The number of nitrogens with zero attached hydrogens (tertiary/aromatic N) is 1. The van der Waals surface area contributed by atoms with Gasteiger partial charge >= 0.3 is 0 Å². The van der Waals surface area contributed by atoms with Gasteiger partial charge in [-0.3, -0.25) is 9.79 Å². The number of furan rings is 1. The number of halogens is 1. The number of guanidine groups is 1. The zero-order valence-electron chi connectivity index (χ0n) is 18.3. The van der Waals surface area contributed by atoms with Crippen LogP contribution in [-0.4, -0.2) is 38.5 Å². The van der Waals surface area contributed by atoms with Crippen LogP contribution in [0.2, 0.25) is 0 Å². The first-order valence-electron chi connectivity index (χ1n) is 10.6. The molecule has 1 amide bonds. The predicted octanol–water partition coefficient (Wildman–Crippen LogP) is 3.82. The molecule has 0 aliphatic carbocycles. The van der Waals surface area contributed by atoms with Crippen molar-refractivity contribution < 1.29 is 9.21 Å². The zero-order chi connectivity index (χ0) is 21.7. The Bertz CT molecular complexity index is 959. The Balaban J connectivity index is 0.00000363. The molecule has 2 aromatic carbocycles. The molecule has 32 heavy (non-hydrogen) atoms. The summed E-state index contributed by atoms with van der Waals surface area (Å²) in [6.07, 6.45) is 4.16. The lowest BCUT2D eigenvalue weighted by Crippen LogP contribution is -2.39. The molecule has 3 rings (SSSR count). The Morgan fingerprint density at radius 3 is 2.28 bits per heavy atom. The monoisotopic (exact) mass is 546 g/mol. The van der Waals surface area contributed by atoms with Crippen LogP contribution in [0, 0.1) is 0 Å². The third-order valence-electron chi connectivity index (χ3n) is 4.88. The number of carbonyl (C=O) groups excluding carboxylic acids is 1. The van der Waals surface area contributed by atoms with Gasteiger partial charge in [-0.2, -0.15) is 0 Å². The molecule has 0 aliphatic rings. The molecule has 3 N–H and O–H groups in total. The van der Waals surface area contributed by atoms with Crippen molar-refractivity contribution in [3.63, 3.8) is 0 Å². The third kappa shape index (κ3) is 8.74. The zero-order valence-corrected chi connectivity index (χ0v) is 20.7. The molecule has 6 nitrogen and oxygen atoms in total. The quantitative estimate of drug-likeness (QED) is 0.205. The summed E-state index contributed by atoms with van der Waals surface area (Å²) >= 11 is 0. The van der Waals surface area contributed by atoms with E-state index < -0.39 is 0 Å². The number of benzene rings is 2. The molecular formula is C25H31IN4O2. The van der Waals surface area contributed by atoms with Crippen molar-refractivity contribution in [3.05, 3.63) is 95.4 Å². The van der Waals surface area contributed by atoms with Crippen LogP contribution < -0.4 is 16.0 Å². The van der Waals surface area contributed by atoms with E-state index in [-0.39, 0.29) is 29.9 Å². The lowest BCUT2D eigenvalue weighted by Gasteiger charge is -2.13. The van der Waals surface area contributed by atoms with Crippen molar-refractivity contribution in [3.8, 4) is 0 Å². The van der Waals surface area contributed by atoms with E-state index in [1.165, 1.54) is 5.56 Å². The van der Waals surface area contributed by atoms with Gasteiger partial charge in [0, 0.05) is 38.7 Å². The first kappa shape index (κ1) is 25.5. The lowest BCUT2D eigenvalue weighted by molar-refractivity contribution is 0.0963. The van der Waals surface area contributed by atoms with Crippen LogP contribution in [0.5, 0.6) is 0 Å². The second-order valence-corrected chi connectivity index (χ2v) is 7.18. The van der Waals surface area contributed by atoms with Gasteiger partial charge in [0.2, 0.25) is 0 Å². The molecule has 3 aromatic rings. The Kier molecular flexibility index (Phi) is 11.4. The molecule has 0 radical (unpaired) electrons. The minimum atomic E-state index is -0.0717. The highest BCUT2D eigenvalue weighted by molar-refractivity contribution is 14.0. The summed E-state index contributed by atoms with van der Waals surface area (Å²) in [5, 5.41) is 9.49. The molecule has 1 heterocycles. The van der Waals surface area contributed by atoms with Crippen LogP contribution in [0.3, 0.4) is 0 Å². The second-order valence-electron chi connectivity index (χ2n) is 7.18. The number of carbonyl (C=O) groups is 1. The number of rotatable bonds is 10. The lowest BCUT2D eigenvalue weighted by atomic mass is 10.1. The topological polar surface area (TPSA) is 78.7 Å². The van der Waals surface area contributed by atoms with Gasteiger partial charge in [0.15, 0.2) is 5.96 Å². The van der Waals surface area contributed by atoms with E-state index in [1.807, 2.05) is 42.5 Å². The number of aliphatic imine (C=N–C) groups is 1. The standard InChI is InChI=1S/C25H30N4O2.HI/c1-26-24(30)22-10-5-9-21(19-22)13-16-28-25(29-17-14-23-11-6-18-31-23)27-15-12-20-7-3-2-4-8-20;/h2-11,18-19H,12-17H2,1H3,(H,26,30)(H2,27,28,29);1H. The van der Waals surface area contributed by atoms with E-state index in [1.54, 1.807) is 13.3 Å². The highest BCUT2D eigenvalue weighted by Gasteiger charge is 2.05. The van der Waals surface area contributed by atoms with E-state index in [4.69, 9.17) is 9.41 Å². The molecule has 0 aliphatic heterocycles. The van der Waals surface area contributed by atoms with Crippen LogP contribution in [-0.2, 0) is 19.3 Å². The van der Waals surface area contributed by atoms with E-state index in [0.717, 1.165) is 49.6 Å². The highest BCUT2D eigenvalue weighted by atomic mass is 127. The first-order valence-corrected chi connectivity index (χ1v) is 10.6. The summed E-state index contributed by atoms with van der Waals surface area (Å²) in [6, 6.07) is 21.9. The summed E-state index contributed by atoms with van der Waals surface area (Å²) in [7, 11) is 1.64. The minimum Gasteiger partial charge on any atom is -0.469 e. The molecule has 0 bridgehead atoms. The maximum Gasteiger partial charge on any atom is 0.251 e. The highest BCUT2D eigenvalue weighted by Crippen LogP contribution is 2.06. The van der Waals surface area contributed by atoms with Crippen molar-refractivity contribution in [2.75, 3.05) is 26.7 Å². The number of nitrogens with one attached hydrogen (secondary N) is 3. The predicted molar refractivity (Wildman–Crippen MR) is 140 cm³/mol. The molecule has 0 fully saturated rings. The smallest absolute Gasteiger partial charge is 0.251 e. The molecule has 7 heteroatoms. The van der Waals surface area contributed by atoms with E-state index in [0.29, 0.717) is 12.1 Å². The van der Waals surface area contributed by atoms with Gasteiger partial charge in [-0.1, -0.05) is 42.5 Å². The van der Waals surface area contributed by atoms with Gasteiger partial charge in [0.25, 0.3) is 5.91 Å². The second kappa shape index (κ2) is 14.3. The Hall–Kier alpha value is -2.81. The van der Waals surface area contributed by atoms with Crippen LogP contribution in [0.4, 0.5) is 0 Å². The van der Waals surface area contributed by atoms with Gasteiger partial charge in [-0.15, -0.1) is 24.0 Å². The fraction of sp³-hybridized carbons (Fsp3) is 0.280. The van der Waals surface area contributed by atoms with E-state index in [2.05, 4.69) is 40.2 Å². The van der Waals surface area contributed by atoms with Crippen LogP contribution in [0.1, 0.15) is 27.2 Å². The fourth-order valence-electron chi connectivity index (χ4n) is 3.21. The van der Waals surface area contributed by atoms with E-state index >= 15 is 0 Å². The Morgan fingerprint density at radius 2 is 1.59 bits per heavy atom. The molecule has 170 valence electrons. The summed E-state index contributed by atoms with van der Waals surface area (Å²) in [6.45, 7) is 2.15. The number of hydrogen-bond acceptors (Lipinski definition) is 3. The normalized spacial score (nSPS) is 10.8. The summed E-state index contributed by atoms with van der Waals surface area (Å²) in [5.74, 6) is 1.64. The van der Waals surface area contributed by atoms with E-state index in [9.17, 15) is 4.79 Å².